The highest BCUT2D eigenvalue weighted by Crippen LogP contribution is 2.39. The SMILES string of the molecule is COC(=O)C1=C(C)N(C)C(=NCc2ccc(C(F)(F)F)cc2)NC1c1ccccc1C(F)(F)F. The fourth-order valence-corrected chi connectivity index (χ4v) is 3.58. The van der Waals surface area contributed by atoms with Gasteiger partial charge >= 0.3 is 18.3 Å². The quantitative estimate of drug-likeness (QED) is 0.472. The Balaban J connectivity index is 2.02. The first-order valence-corrected chi connectivity index (χ1v) is 10.0. The van der Waals surface area contributed by atoms with E-state index in [1.807, 2.05) is 0 Å². The van der Waals surface area contributed by atoms with Crippen molar-refractivity contribution in [3.63, 3.8) is 0 Å². The fraction of sp³-hybridized carbons (Fsp3) is 0.304. The van der Waals surface area contributed by atoms with Crippen LogP contribution in [0.2, 0.25) is 0 Å². The number of esters is 1. The van der Waals surface area contributed by atoms with Gasteiger partial charge in [0, 0.05) is 12.7 Å². The minimum Gasteiger partial charge on any atom is -0.466 e. The van der Waals surface area contributed by atoms with Gasteiger partial charge in [-0.25, -0.2) is 9.79 Å². The lowest BCUT2D eigenvalue weighted by Gasteiger charge is -2.36. The number of nitrogens with zero attached hydrogens (tertiary/aromatic N) is 2. The van der Waals surface area contributed by atoms with E-state index >= 15 is 0 Å². The molecule has 1 N–H and O–H groups in total. The number of alkyl halides is 6. The fourth-order valence-electron chi connectivity index (χ4n) is 3.58. The molecule has 2 aromatic rings. The third-order valence-electron chi connectivity index (χ3n) is 5.45. The van der Waals surface area contributed by atoms with Crippen LogP contribution in [0.15, 0.2) is 64.8 Å². The predicted octanol–water partition coefficient (Wildman–Crippen LogP) is 5.30. The zero-order valence-electron chi connectivity index (χ0n) is 18.4. The molecule has 0 aliphatic carbocycles. The molecule has 1 heterocycles. The Kier molecular flexibility index (Phi) is 6.94. The van der Waals surface area contributed by atoms with Crippen LogP contribution in [0.4, 0.5) is 26.3 Å². The summed E-state index contributed by atoms with van der Waals surface area (Å²) in [6, 6.07) is 8.03. The Morgan fingerprint density at radius 3 is 2.21 bits per heavy atom. The summed E-state index contributed by atoms with van der Waals surface area (Å²) in [5, 5.41) is 2.87. The zero-order chi connectivity index (χ0) is 25.3. The number of nitrogens with one attached hydrogen (secondary N) is 1. The van der Waals surface area contributed by atoms with Gasteiger partial charge in [-0.1, -0.05) is 30.3 Å². The third kappa shape index (κ3) is 5.18. The van der Waals surface area contributed by atoms with Crippen molar-refractivity contribution in [1.29, 1.82) is 0 Å². The van der Waals surface area contributed by atoms with Crippen molar-refractivity contribution < 1.29 is 35.9 Å². The number of aliphatic imine (C=N–C) groups is 1. The average Bonchev–Trinajstić information content (AvgIpc) is 2.78. The highest BCUT2D eigenvalue weighted by atomic mass is 19.4. The number of carbonyl (C=O) groups is 1. The van der Waals surface area contributed by atoms with Crippen LogP contribution in [0.25, 0.3) is 0 Å². The first kappa shape index (κ1) is 25.1. The Hall–Kier alpha value is -3.50. The summed E-state index contributed by atoms with van der Waals surface area (Å²) in [6.07, 6.45) is -9.14. The van der Waals surface area contributed by atoms with Crippen molar-refractivity contribution in [1.82, 2.24) is 10.2 Å². The number of allylic oxidation sites excluding steroid dienone is 1. The van der Waals surface area contributed by atoms with Crippen LogP contribution in [0.5, 0.6) is 0 Å². The van der Waals surface area contributed by atoms with E-state index in [-0.39, 0.29) is 23.6 Å². The summed E-state index contributed by atoms with van der Waals surface area (Å²) in [4.78, 5) is 18.3. The monoisotopic (exact) mass is 485 g/mol. The topological polar surface area (TPSA) is 53.9 Å². The third-order valence-corrected chi connectivity index (χ3v) is 5.45. The Morgan fingerprint density at radius 1 is 1.03 bits per heavy atom. The summed E-state index contributed by atoms with van der Waals surface area (Å²) in [6.45, 7) is 1.50. The lowest BCUT2D eigenvalue weighted by Crippen LogP contribution is -2.47. The molecule has 2 aromatic carbocycles. The largest absolute Gasteiger partial charge is 0.466 e. The van der Waals surface area contributed by atoms with E-state index in [0.717, 1.165) is 25.3 Å². The van der Waals surface area contributed by atoms with Gasteiger partial charge in [0.25, 0.3) is 0 Å². The molecule has 5 nitrogen and oxygen atoms in total. The lowest BCUT2D eigenvalue weighted by atomic mass is 9.91. The van der Waals surface area contributed by atoms with E-state index in [2.05, 4.69) is 10.3 Å². The lowest BCUT2D eigenvalue weighted by molar-refractivity contribution is -0.140. The molecule has 0 spiro atoms. The van der Waals surface area contributed by atoms with Gasteiger partial charge < -0.3 is 15.0 Å². The molecule has 1 aliphatic heterocycles. The van der Waals surface area contributed by atoms with Crippen LogP contribution in [0, 0.1) is 0 Å². The first-order chi connectivity index (χ1) is 15.8. The van der Waals surface area contributed by atoms with Gasteiger partial charge in [-0.15, -0.1) is 0 Å². The van der Waals surface area contributed by atoms with Crippen molar-refractivity contribution in [2.45, 2.75) is 31.9 Å². The number of guanidine groups is 1. The van der Waals surface area contributed by atoms with Gasteiger partial charge in [0.05, 0.1) is 36.4 Å². The minimum absolute atomic E-state index is 0.0184. The van der Waals surface area contributed by atoms with Gasteiger partial charge in [0.1, 0.15) is 0 Å². The summed E-state index contributed by atoms with van der Waals surface area (Å²) >= 11 is 0. The molecular formula is C23H21F6N3O2. The Morgan fingerprint density at radius 2 is 1.65 bits per heavy atom. The number of hydrogen-bond acceptors (Lipinski definition) is 3. The number of methoxy groups -OCH3 is 1. The molecule has 0 bridgehead atoms. The van der Waals surface area contributed by atoms with E-state index < -0.39 is 35.5 Å². The van der Waals surface area contributed by atoms with Crippen LogP contribution >= 0.6 is 0 Å². The molecule has 182 valence electrons. The van der Waals surface area contributed by atoms with Crippen molar-refractivity contribution >= 4 is 11.9 Å². The normalized spacial score (nSPS) is 18.2. The molecule has 0 aromatic heterocycles. The number of ether oxygens (including phenoxy) is 1. The molecule has 0 radical (unpaired) electrons. The van der Waals surface area contributed by atoms with Crippen LogP contribution in [0.3, 0.4) is 0 Å². The van der Waals surface area contributed by atoms with Crippen molar-refractivity contribution in [3.8, 4) is 0 Å². The minimum atomic E-state index is -4.67. The maximum Gasteiger partial charge on any atom is 0.416 e. The molecule has 34 heavy (non-hydrogen) atoms. The van der Waals surface area contributed by atoms with Gasteiger partial charge in [0.2, 0.25) is 0 Å². The zero-order valence-corrected chi connectivity index (χ0v) is 18.4. The molecule has 0 fully saturated rings. The molecule has 1 unspecified atom stereocenters. The molecule has 0 amide bonds. The van der Waals surface area contributed by atoms with Gasteiger partial charge in [-0.3, -0.25) is 0 Å². The van der Waals surface area contributed by atoms with E-state index in [0.29, 0.717) is 11.3 Å². The number of halogens is 6. The van der Waals surface area contributed by atoms with Crippen molar-refractivity contribution in [2.24, 2.45) is 4.99 Å². The van der Waals surface area contributed by atoms with Crippen LogP contribution in [-0.2, 0) is 28.4 Å². The standard InChI is InChI=1S/C23H21F6N3O2/c1-13-18(20(33)34-3)19(16-6-4-5-7-17(16)23(27,28)29)31-21(32(13)2)30-12-14-8-10-15(11-9-14)22(24,25)26/h4-11,19H,12H2,1-3H3,(H,30,31). The summed E-state index contributed by atoms with van der Waals surface area (Å²) in [5.74, 6) is -0.660. The second-order valence-corrected chi connectivity index (χ2v) is 7.55. The van der Waals surface area contributed by atoms with Crippen molar-refractivity contribution in [2.75, 3.05) is 14.2 Å². The van der Waals surface area contributed by atoms with Gasteiger partial charge in [0.15, 0.2) is 5.96 Å². The molecule has 11 heteroatoms. The number of carbonyl (C=O) groups excluding carboxylic acids is 1. The van der Waals surface area contributed by atoms with Crippen LogP contribution in [-0.4, -0.2) is 31.0 Å². The van der Waals surface area contributed by atoms with E-state index in [1.54, 1.807) is 14.0 Å². The number of benzene rings is 2. The molecule has 1 atom stereocenters. The average molecular weight is 485 g/mol. The number of hydrogen-bond donors (Lipinski definition) is 1. The summed E-state index contributed by atoms with van der Waals surface area (Å²) in [5.41, 5.74) is -1.15. The summed E-state index contributed by atoms with van der Waals surface area (Å²) in [7, 11) is 2.69. The van der Waals surface area contributed by atoms with Crippen LogP contribution in [0.1, 0.15) is 35.2 Å². The smallest absolute Gasteiger partial charge is 0.416 e. The Labute approximate surface area is 191 Å². The maximum atomic E-state index is 13.7. The van der Waals surface area contributed by atoms with Crippen molar-refractivity contribution in [3.05, 3.63) is 82.1 Å². The Bertz CT molecular complexity index is 1120. The van der Waals surface area contributed by atoms with Crippen LogP contribution < -0.4 is 5.32 Å². The molecule has 3 rings (SSSR count). The highest BCUT2D eigenvalue weighted by molar-refractivity contribution is 5.96. The maximum absolute atomic E-state index is 13.7. The molecule has 1 aliphatic rings. The van der Waals surface area contributed by atoms with E-state index in [4.69, 9.17) is 4.74 Å². The molecule has 0 saturated carbocycles. The van der Waals surface area contributed by atoms with E-state index in [9.17, 15) is 31.1 Å². The van der Waals surface area contributed by atoms with E-state index in [1.165, 1.54) is 35.2 Å². The highest BCUT2D eigenvalue weighted by Gasteiger charge is 2.40. The predicted molar refractivity (Wildman–Crippen MR) is 112 cm³/mol. The van der Waals surface area contributed by atoms with Gasteiger partial charge in [-0.05, 0) is 36.2 Å². The van der Waals surface area contributed by atoms with Gasteiger partial charge in [-0.2, -0.15) is 26.3 Å². The number of rotatable bonds is 4. The summed E-state index contributed by atoms with van der Waals surface area (Å²) < 4.78 is 84.2. The first-order valence-electron chi connectivity index (χ1n) is 10.0. The second kappa shape index (κ2) is 9.40. The molecular weight excluding hydrogens is 464 g/mol. The molecule has 0 saturated heterocycles. The second-order valence-electron chi connectivity index (χ2n) is 7.55.